The van der Waals surface area contributed by atoms with E-state index in [1.165, 1.54) is 17.1 Å². The van der Waals surface area contributed by atoms with Gasteiger partial charge in [-0.25, -0.2) is 14.2 Å². The Morgan fingerprint density at radius 3 is 2.59 bits per heavy atom. The van der Waals surface area contributed by atoms with Crippen molar-refractivity contribution in [3.63, 3.8) is 0 Å². The summed E-state index contributed by atoms with van der Waals surface area (Å²) in [5.41, 5.74) is 2.23. The number of nitrogens with zero attached hydrogens (tertiary/aromatic N) is 4. The molecule has 0 aliphatic carbocycles. The van der Waals surface area contributed by atoms with Crippen molar-refractivity contribution in [1.29, 1.82) is 0 Å². The fourth-order valence-electron chi connectivity index (χ4n) is 4.85. The predicted octanol–water partition coefficient (Wildman–Crippen LogP) is 2.98. The second-order valence-corrected chi connectivity index (χ2v) is 10.1. The van der Waals surface area contributed by atoms with Crippen LogP contribution in [0.1, 0.15) is 37.4 Å². The van der Waals surface area contributed by atoms with Crippen LogP contribution < -0.4 is 14.8 Å². The van der Waals surface area contributed by atoms with E-state index in [4.69, 9.17) is 14.2 Å². The van der Waals surface area contributed by atoms with E-state index in [0.29, 0.717) is 49.9 Å². The summed E-state index contributed by atoms with van der Waals surface area (Å²) in [6, 6.07) is 10.8. The zero-order valence-corrected chi connectivity index (χ0v) is 22.3. The molecule has 3 heterocycles. The van der Waals surface area contributed by atoms with Crippen LogP contribution in [0.5, 0.6) is 11.5 Å². The summed E-state index contributed by atoms with van der Waals surface area (Å²) < 4.78 is 30.0. The quantitative estimate of drug-likeness (QED) is 0.554. The Hall–Kier alpha value is -3.70. The molecule has 10 nitrogen and oxygen atoms in total. The van der Waals surface area contributed by atoms with Crippen LogP contribution in [0.25, 0.3) is 0 Å². The zero-order chi connectivity index (χ0) is 27.4. The van der Waals surface area contributed by atoms with E-state index >= 15 is 0 Å². The SMILES string of the molecule is CC(C)NC(=O)N(CCN1CCOCC1)CC(=O)N1N=C(c2ccc(F)cc2)C[C@@H]1c1ccc2c(c1)OCO2. The number of urea groups is 1. The Kier molecular flexibility index (Phi) is 8.27. The molecule has 3 aliphatic heterocycles. The first-order chi connectivity index (χ1) is 18.9. The Morgan fingerprint density at radius 2 is 1.85 bits per heavy atom. The Bertz CT molecular complexity index is 1220. The summed E-state index contributed by atoms with van der Waals surface area (Å²) >= 11 is 0. The van der Waals surface area contributed by atoms with Crippen molar-refractivity contribution in [2.75, 3.05) is 52.7 Å². The van der Waals surface area contributed by atoms with Crippen LogP contribution in [0.3, 0.4) is 0 Å². The van der Waals surface area contributed by atoms with Crippen molar-refractivity contribution in [2.45, 2.75) is 32.4 Å². The molecule has 208 valence electrons. The lowest BCUT2D eigenvalue weighted by Crippen LogP contribution is -2.50. The van der Waals surface area contributed by atoms with Gasteiger partial charge in [-0.3, -0.25) is 9.69 Å². The maximum atomic E-state index is 13.8. The standard InChI is InChI=1S/C28H34FN5O5/c1-19(2)30-28(36)33(10-9-32-11-13-37-14-12-32)17-27(35)34-24(21-5-8-25-26(15-21)39-18-38-25)16-23(31-34)20-3-6-22(29)7-4-20/h3-8,15,19,24H,9-14,16-18H2,1-2H3,(H,30,36)/t24-/m1/s1. The second-order valence-electron chi connectivity index (χ2n) is 10.1. The molecule has 1 fully saturated rings. The number of carbonyl (C=O) groups is 2. The van der Waals surface area contributed by atoms with Crippen molar-refractivity contribution in [3.8, 4) is 11.5 Å². The van der Waals surface area contributed by atoms with Gasteiger partial charge in [0.1, 0.15) is 12.4 Å². The van der Waals surface area contributed by atoms with E-state index in [9.17, 15) is 14.0 Å². The highest BCUT2D eigenvalue weighted by atomic mass is 19.1. The molecule has 2 aromatic carbocycles. The van der Waals surface area contributed by atoms with Crippen molar-refractivity contribution in [2.24, 2.45) is 5.10 Å². The number of hydrogen-bond donors (Lipinski definition) is 1. The summed E-state index contributed by atoms with van der Waals surface area (Å²) in [4.78, 5) is 30.6. The second kappa shape index (κ2) is 12.0. The molecule has 5 rings (SSSR count). The number of nitrogens with one attached hydrogen (secondary N) is 1. The van der Waals surface area contributed by atoms with Crippen molar-refractivity contribution in [3.05, 3.63) is 59.4 Å². The zero-order valence-electron chi connectivity index (χ0n) is 22.3. The molecule has 0 aromatic heterocycles. The van der Waals surface area contributed by atoms with Gasteiger partial charge in [-0.2, -0.15) is 5.10 Å². The molecule has 1 saturated heterocycles. The lowest BCUT2D eigenvalue weighted by Gasteiger charge is -2.31. The fourth-order valence-corrected chi connectivity index (χ4v) is 4.85. The molecule has 39 heavy (non-hydrogen) atoms. The van der Waals surface area contributed by atoms with E-state index in [-0.39, 0.29) is 37.1 Å². The van der Waals surface area contributed by atoms with Crippen LogP contribution in [0.4, 0.5) is 9.18 Å². The first-order valence-corrected chi connectivity index (χ1v) is 13.3. The minimum atomic E-state index is -0.415. The molecular formula is C28H34FN5O5. The van der Waals surface area contributed by atoms with Crippen molar-refractivity contribution < 1.29 is 28.2 Å². The molecule has 2 aromatic rings. The fraction of sp³-hybridized carbons (Fsp3) is 0.464. The number of hydrazone groups is 1. The topological polar surface area (TPSA) is 95.9 Å². The Balaban J connectivity index is 1.38. The average Bonchev–Trinajstić information content (AvgIpc) is 3.59. The summed E-state index contributed by atoms with van der Waals surface area (Å²) in [6.07, 6.45) is 0.434. The third-order valence-corrected chi connectivity index (χ3v) is 6.94. The van der Waals surface area contributed by atoms with E-state index < -0.39 is 6.04 Å². The lowest BCUT2D eigenvalue weighted by atomic mass is 9.98. The Morgan fingerprint density at radius 1 is 1.10 bits per heavy atom. The van der Waals surface area contributed by atoms with Crippen LogP contribution in [0, 0.1) is 5.82 Å². The van der Waals surface area contributed by atoms with Crippen LogP contribution in [0.2, 0.25) is 0 Å². The maximum absolute atomic E-state index is 13.8. The van der Waals surface area contributed by atoms with E-state index in [2.05, 4.69) is 15.3 Å². The number of ether oxygens (including phenoxy) is 3. The molecular weight excluding hydrogens is 505 g/mol. The number of fused-ring (bicyclic) bond motifs is 1. The monoisotopic (exact) mass is 539 g/mol. The first kappa shape index (κ1) is 26.9. The number of carbonyl (C=O) groups excluding carboxylic acids is 2. The smallest absolute Gasteiger partial charge is 0.318 e. The minimum Gasteiger partial charge on any atom is -0.454 e. The van der Waals surface area contributed by atoms with Crippen molar-refractivity contribution >= 4 is 17.6 Å². The van der Waals surface area contributed by atoms with Gasteiger partial charge >= 0.3 is 6.03 Å². The van der Waals surface area contributed by atoms with Gasteiger partial charge in [-0.05, 0) is 49.2 Å². The van der Waals surface area contributed by atoms with Gasteiger partial charge in [0.05, 0.1) is 25.0 Å². The van der Waals surface area contributed by atoms with Crippen molar-refractivity contribution in [1.82, 2.24) is 20.1 Å². The summed E-state index contributed by atoms with van der Waals surface area (Å²) in [6.45, 7) is 7.70. The van der Waals surface area contributed by atoms with Gasteiger partial charge in [0.2, 0.25) is 6.79 Å². The number of rotatable bonds is 8. The maximum Gasteiger partial charge on any atom is 0.318 e. The molecule has 0 bridgehead atoms. The highest BCUT2D eigenvalue weighted by Crippen LogP contribution is 2.39. The van der Waals surface area contributed by atoms with E-state index in [1.807, 2.05) is 32.0 Å². The molecule has 11 heteroatoms. The van der Waals surface area contributed by atoms with Gasteiger partial charge in [0.25, 0.3) is 5.91 Å². The number of morpholine rings is 1. The lowest BCUT2D eigenvalue weighted by molar-refractivity contribution is -0.133. The summed E-state index contributed by atoms with van der Waals surface area (Å²) in [5, 5.41) is 9.04. The molecule has 3 aliphatic rings. The third-order valence-electron chi connectivity index (χ3n) is 6.94. The summed E-state index contributed by atoms with van der Waals surface area (Å²) in [7, 11) is 0. The molecule has 1 N–H and O–H groups in total. The highest BCUT2D eigenvalue weighted by molar-refractivity contribution is 6.03. The average molecular weight is 540 g/mol. The van der Waals surface area contributed by atoms with Gasteiger partial charge in [0, 0.05) is 38.6 Å². The predicted molar refractivity (Wildman–Crippen MR) is 142 cm³/mol. The van der Waals surface area contributed by atoms with Gasteiger partial charge in [0.15, 0.2) is 11.5 Å². The minimum absolute atomic E-state index is 0.0743. The largest absolute Gasteiger partial charge is 0.454 e. The number of halogens is 1. The third kappa shape index (κ3) is 6.48. The molecule has 1 atom stereocenters. The highest BCUT2D eigenvalue weighted by Gasteiger charge is 2.35. The van der Waals surface area contributed by atoms with Crippen LogP contribution in [-0.4, -0.2) is 91.2 Å². The molecule has 0 unspecified atom stereocenters. The molecule has 0 radical (unpaired) electrons. The number of amides is 3. The normalized spacial score (nSPS) is 18.8. The molecule has 0 saturated carbocycles. The Labute approximate surface area is 227 Å². The van der Waals surface area contributed by atoms with Gasteiger partial charge < -0.3 is 24.4 Å². The van der Waals surface area contributed by atoms with Crippen LogP contribution >= 0.6 is 0 Å². The molecule has 0 spiro atoms. The van der Waals surface area contributed by atoms with E-state index in [1.54, 1.807) is 17.0 Å². The van der Waals surface area contributed by atoms with Crippen LogP contribution in [-0.2, 0) is 9.53 Å². The van der Waals surface area contributed by atoms with Gasteiger partial charge in [-0.1, -0.05) is 18.2 Å². The number of hydrogen-bond acceptors (Lipinski definition) is 7. The van der Waals surface area contributed by atoms with E-state index in [0.717, 1.165) is 24.2 Å². The molecule has 3 amide bonds. The first-order valence-electron chi connectivity index (χ1n) is 13.3. The summed E-state index contributed by atoms with van der Waals surface area (Å²) in [5.74, 6) is 0.605. The van der Waals surface area contributed by atoms with Gasteiger partial charge in [-0.15, -0.1) is 0 Å². The number of benzene rings is 2. The van der Waals surface area contributed by atoms with Crippen LogP contribution in [0.15, 0.2) is 47.6 Å².